The van der Waals surface area contributed by atoms with Gasteiger partial charge in [0, 0.05) is 0 Å². The first-order valence-corrected chi connectivity index (χ1v) is 5.35. The van der Waals surface area contributed by atoms with Crippen LogP contribution in [0.2, 0.25) is 0 Å². The Balaban J connectivity index is 1.99. The van der Waals surface area contributed by atoms with Gasteiger partial charge in [-0.3, -0.25) is 0 Å². The van der Waals surface area contributed by atoms with Gasteiger partial charge in [-0.05, 0) is 45.4 Å². The molecule has 0 aromatic carbocycles. The molecule has 0 N–H and O–H groups in total. The van der Waals surface area contributed by atoms with Gasteiger partial charge in [0.05, 0.1) is 11.7 Å². The van der Waals surface area contributed by atoms with Crippen LogP contribution in [0.25, 0.3) is 0 Å². The number of rotatable bonds is 0. The van der Waals surface area contributed by atoms with E-state index < -0.39 is 0 Å². The van der Waals surface area contributed by atoms with Crippen molar-refractivity contribution in [3.8, 4) is 0 Å². The quantitative estimate of drug-likeness (QED) is 0.540. The molecule has 2 fully saturated rings. The van der Waals surface area contributed by atoms with Gasteiger partial charge in [-0.2, -0.15) is 0 Å². The zero-order chi connectivity index (χ0) is 8.60. The Morgan fingerprint density at radius 1 is 1.08 bits per heavy atom. The molecule has 1 nitrogen and oxygen atoms in total. The lowest BCUT2D eigenvalue weighted by Crippen LogP contribution is -2.42. The molecule has 70 valence electrons. The Labute approximate surface area is 75.5 Å². The lowest BCUT2D eigenvalue weighted by Gasteiger charge is -2.43. The Morgan fingerprint density at radius 2 is 1.83 bits per heavy atom. The Morgan fingerprint density at radius 3 is 2.67 bits per heavy atom. The minimum absolute atomic E-state index is 0.165. The molecule has 1 aliphatic carbocycles. The van der Waals surface area contributed by atoms with Crippen LogP contribution in [0.15, 0.2) is 0 Å². The van der Waals surface area contributed by atoms with Gasteiger partial charge < -0.3 is 4.74 Å². The highest BCUT2D eigenvalue weighted by molar-refractivity contribution is 4.86. The van der Waals surface area contributed by atoms with Gasteiger partial charge in [-0.25, -0.2) is 0 Å². The van der Waals surface area contributed by atoms with Crippen molar-refractivity contribution in [3.05, 3.63) is 0 Å². The van der Waals surface area contributed by atoms with Crippen molar-refractivity contribution < 1.29 is 4.74 Å². The monoisotopic (exact) mass is 168 g/mol. The standard InChI is InChI=1S/C11H20O/c1-11(2)8-7-9-5-3-4-6-10(9)12-11/h9-10H,3-8H2,1-2H3. The van der Waals surface area contributed by atoms with Crippen LogP contribution in [0.1, 0.15) is 52.4 Å². The summed E-state index contributed by atoms with van der Waals surface area (Å²) in [6, 6.07) is 0. The molecule has 1 saturated heterocycles. The zero-order valence-electron chi connectivity index (χ0n) is 8.31. The van der Waals surface area contributed by atoms with E-state index in [9.17, 15) is 0 Å². The van der Waals surface area contributed by atoms with Crippen LogP contribution in [0, 0.1) is 5.92 Å². The predicted octanol–water partition coefficient (Wildman–Crippen LogP) is 3.13. The Bertz CT molecular complexity index is 162. The summed E-state index contributed by atoms with van der Waals surface area (Å²) in [4.78, 5) is 0. The second kappa shape index (κ2) is 3.02. The molecule has 0 spiro atoms. The van der Waals surface area contributed by atoms with E-state index in [2.05, 4.69) is 13.8 Å². The van der Waals surface area contributed by atoms with E-state index in [0.717, 1.165) is 5.92 Å². The lowest BCUT2D eigenvalue weighted by molar-refractivity contribution is -0.146. The van der Waals surface area contributed by atoms with Crippen LogP contribution < -0.4 is 0 Å². The average Bonchev–Trinajstić information content (AvgIpc) is 2.02. The number of ether oxygens (including phenoxy) is 1. The summed E-state index contributed by atoms with van der Waals surface area (Å²) in [7, 11) is 0. The molecule has 1 heteroatoms. The van der Waals surface area contributed by atoms with Gasteiger partial charge in [0.2, 0.25) is 0 Å². The smallest absolute Gasteiger partial charge is 0.0630 e. The molecule has 2 aliphatic rings. The molecule has 1 saturated carbocycles. The fourth-order valence-corrected chi connectivity index (χ4v) is 2.66. The second-order valence-electron chi connectivity index (χ2n) is 5.00. The third-order valence-electron chi connectivity index (χ3n) is 3.43. The molecule has 2 atom stereocenters. The highest BCUT2D eigenvalue weighted by Gasteiger charge is 2.36. The zero-order valence-corrected chi connectivity index (χ0v) is 8.31. The third-order valence-corrected chi connectivity index (χ3v) is 3.43. The van der Waals surface area contributed by atoms with E-state index in [1.807, 2.05) is 0 Å². The van der Waals surface area contributed by atoms with Crippen LogP contribution >= 0.6 is 0 Å². The van der Waals surface area contributed by atoms with Crippen molar-refractivity contribution in [2.24, 2.45) is 5.92 Å². The number of fused-ring (bicyclic) bond motifs is 1. The first-order chi connectivity index (χ1) is 5.67. The van der Waals surface area contributed by atoms with Crippen LogP contribution in [-0.2, 0) is 4.74 Å². The van der Waals surface area contributed by atoms with Crippen LogP contribution in [-0.4, -0.2) is 11.7 Å². The number of hydrogen-bond donors (Lipinski definition) is 0. The molecular formula is C11H20O. The maximum absolute atomic E-state index is 6.08. The SMILES string of the molecule is CC1(C)CCC2CCCCC2O1. The summed E-state index contributed by atoms with van der Waals surface area (Å²) in [5.74, 6) is 0.895. The van der Waals surface area contributed by atoms with Crippen molar-refractivity contribution in [2.75, 3.05) is 0 Å². The highest BCUT2D eigenvalue weighted by atomic mass is 16.5. The first-order valence-electron chi connectivity index (χ1n) is 5.35. The average molecular weight is 168 g/mol. The summed E-state index contributed by atoms with van der Waals surface area (Å²) in [5, 5.41) is 0. The van der Waals surface area contributed by atoms with E-state index in [1.54, 1.807) is 0 Å². The summed E-state index contributed by atoms with van der Waals surface area (Å²) in [5.41, 5.74) is 0.165. The maximum atomic E-state index is 6.08. The molecule has 0 aromatic rings. The van der Waals surface area contributed by atoms with Crippen molar-refractivity contribution in [1.82, 2.24) is 0 Å². The third kappa shape index (κ3) is 1.66. The predicted molar refractivity (Wildman–Crippen MR) is 50.1 cm³/mol. The fourth-order valence-electron chi connectivity index (χ4n) is 2.66. The van der Waals surface area contributed by atoms with Gasteiger partial charge >= 0.3 is 0 Å². The van der Waals surface area contributed by atoms with E-state index in [1.165, 1.54) is 38.5 Å². The molecule has 1 heterocycles. The van der Waals surface area contributed by atoms with Crippen molar-refractivity contribution in [2.45, 2.75) is 64.1 Å². The van der Waals surface area contributed by atoms with Crippen molar-refractivity contribution >= 4 is 0 Å². The minimum Gasteiger partial charge on any atom is -0.372 e. The van der Waals surface area contributed by atoms with Gasteiger partial charge in [0.15, 0.2) is 0 Å². The van der Waals surface area contributed by atoms with Crippen LogP contribution in [0.5, 0.6) is 0 Å². The van der Waals surface area contributed by atoms with E-state index in [4.69, 9.17) is 4.74 Å². The molecule has 2 unspecified atom stereocenters. The summed E-state index contributed by atoms with van der Waals surface area (Å²) in [6.07, 6.45) is 8.81. The molecule has 0 amide bonds. The topological polar surface area (TPSA) is 9.23 Å². The molecule has 0 bridgehead atoms. The van der Waals surface area contributed by atoms with E-state index in [0.29, 0.717) is 6.10 Å². The van der Waals surface area contributed by atoms with Crippen LogP contribution in [0.4, 0.5) is 0 Å². The summed E-state index contributed by atoms with van der Waals surface area (Å²) < 4.78 is 6.08. The largest absolute Gasteiger partial charge is 0.372 e. The van der Waals surface area contributed by atoms with Crippen LogP contribution in [0.3, 0.4) is 0 Å². The second-order valence-corrected chi connectivity index (χ2v) is 5.00. The maximum Gasteiger partial charge on any atom is 0.0630 e. The van der Waals surface area contributed by atoms with Gasteiger partial charge in [-0.15, -0.1) is 0 Å². The molecule has 1 aliphatic heterocycles. The minimum atomic E-state index is 0.165. The molecule has 2 rings (SSSR count). The van der Waals surface area contributed by atoms with Crippen molar-refractivity contribution in [3.63, 3.8) is 0 Å². The van der Waals surface area contributed by atoms with Gasteiger partial charge in [0.1, 0.15) is 0 Å². The van der Waals surface area contributed by atoms with Gasteiger partial charge in [-0.1, -0.05) is 12.8 Å². The summed E-state index contributed by atoms with van der Waals surface area (Å²) >= 11 is 0. The lowest BCUT2D eigenvalue weighted by atomic mass is 9.78. The molecule has 0 radical (unpaired) electrons. The molecule has 12 heavy (non-hydrogen) atoms. The van der Waals surface area contributed by atoms with Crippen molar-refractivity contribution in [1.29, 1.82) is 0 Å². The van der Waals surface area contributed by atoms with E-state index >= 15 is 0 Å². The van der Waals surface area contributed by atoms with Gasteiger partial charge in [0.25, 0.3) is 0 Å². The highest BCUT2D eigenvalue weighted by Crippen LogP contribution is 2.39. The van der Waals surface area contributed by atoms with E-state index in [-0.39, 0.29) is 5.60 Å². The Hall–Kier alpha value is -0.0400. The molecule has 0 aromatic heterocycles. The Kier molecular flexibility index (Phi) is 2.16. The molecular weight excluding hydrogens is 148 g/mol. The fraction of sp³-hybridized carbons (Fsp3) is 1.00. The number of hydrogen-bond acceptors (Lipinski definition) is 1. The normalized spacial score (nSPS) is 40.5. The first kappa shape index (κ1) is 8.55. The summed E-state index contributed by atoms with van der Waals surface area (Å²) in [6.45, 7) is 4.47.